The fourth-order valence-corrected chi connectivity index (χ4v) is 1.75. The maximum atomic E-state index is 12.8. The van der Waals surface area contributed by atoms with E-state index >= 15 is 0 Å². The maximum Gasteiger partial charge on any atom is 0.123 e. The van der Waals surface area contributed by atoms with Gasteiger partial charge in [0.05, 0.1) is 5.54 Å². The number of benzene rings is 2. The van der Waals surface area contributed by atoms with Crippen molar-refractivity contribution in [3.8, 4) is 0 Å². The third kappa shape index (κ3) is 1.97. The van der Waals surface area contributed by atoms with Crippen molar-refractivity contribution in [2.75, 3.05) is 0 Å². The van der Waals surface area contributed by atoms with Crippen molar-refractivity contribution in [2.45, 2.75) is 12.5 Å². The molecule has 0 aliphatic heterocycles. The predicted molar refractivity (Wildman–Crippen MR) is 63.5 cm³/mol. The van der Waals surface area contributed by atoms with Crippen molar-refractivity contribution < 1.29 is 4.39 Å². The van der Waals surface area contributed by atoms with E-state index in [1.807, 2.05) is 37.3 Å². The summed E-state index contributed by atoms with van der Waals surface area (Å²) in [5.74, 6) is -0.243. The van der Waals surface area contributed by atoms with Gasteiger partial charge < -0.3 is 5.73 Å². The number of rotatable bonds is 2. The van der Waals surface area contributed by atoms with Gasteiger partial charge in [-0.2, -0.15) is 0 Å². The van der Waals surface area contributed by atoms with Crippen LogP contribution in [0.1, 0.15) is 18.1 Å². The molecule has 0 aliphatic carbocycles. The summed E-state index contributed by atoms with van der Waals surface area (Å²) in [6, 6.07) is 16.1. The average molecular weight is 215 g/mol. The van der Waals surface area contributed by atoms with Gasteiger partial charge in [-0.05, 0) is 30.2 Å². The van der Waals surface area contributed by atoms with Gasteiger partial charge in [0.1, 0.15) is 5.82 Å². The largest absolute Gasteiger partial charge is 0.318 e. The zero-order valence-corrected chi connectivity index (χ0v) is 9.15. The van der Waals surface area contributed by atoms with Gasteiger partial charge >= 0.3 is 0 Å². The summed E-state index contributed by atoms with van der Waals surface area (Å²) in [6.45, 7) is 1.93. The lowest BCUT2D eigenvalue weighted by Gasteiger charge is -2.25. The normalized spacial score (nSPS) is 14.4. The smallest absolute Gasteiger partial charge is 0.123 e. The van der Waals surface area contributed by atoms with Crippen LogP contribution in [-0.2, 0) is 5.54 Å². The Kier molecular flexibility index (Phi) is 2.75. The van der Waals surface area contributed by atoms with E-state index in [4.69, 9.17) is 5.73 Å². The van der Waals surface area contributed by atoms with Gasteiger partial charge in [0.25, 0.3) is 0 Å². The van der Waals surface area contributed by atoms with Crippen molar-refractivity contribution in [3.05, 3.63) is 71.5 Å². The van der Waals surface area contributed by atoms with Crippen molar-refractivity contribution >= 4 is 0 Å². The van der Waals surface area contributed by atoms with Crippen molar-refractivity contribution in [1.82, 2.24) is 0 Å². The minimum atomic E-state index is -0.588. The Morgan fingerprint density at radius 2 is 1.38 bits per heavy atom. The molecule has 0 fully saturated rings. The summed E-state index contributed by atoms with van der Waals surface area (Å²) in [6.07, 6.45) is 0. The van der Waals surface area contributed by atoms with Crippen LogP contribution >= 0.6 is 0 Å². The van der Waals surface area contributed by atoms with Gasteiger partial charge in [0.2, 0.25) is 0 Å². The molecule has 2 rings (SSSR count). The number of halogens is 1. The lowest BCUT2D eigenvalue weighted by Crippen LogP contribution is -2.34. The van der Waals surface area contributed by atoms with Crippen LogP contribution in [0.15, 0.2) is 54.6 Å². The highest BCUT2D eigenvalue weighted by atomic mass is 19.1. The summed E-state index contributed by atoms with van der Waals surface area (Å²) >= 11 is 0. The van der Waals surface area contributed by atoms with E-state index in [0.29, 0.717) is 0 Å². The summed E-state index contributed by atoms with van der Waals surface area (Å²) < 4.78 is 12.8. The monoisotopic (exact) mass is 215 g/mol. The Morgan fingerprint density at radius 3 is 1.94 bits per heavy atom. The van der Waals surface area contributed by atoms with E-state index in [9.17, 15) is 4.39 Å². The molecule has 2 N–H and O–H groups in total. The maximum absolute atomic E-state index is 12.8. The molecule has 16 heavy (non-hydrogen) atoms. The molecule has 0 heterocycles. The highest BCUT2D eigenvalue weighted by molar-refractivity contribution is 5.36. The van der Waals surface area contributed by atoms with Crippen molar-refractivity contribution in [1.29, 1.82) is 0 Å². The highest BCUT2D eigenvalue weighted by Crippen LogP contribution is 2.26. The van der Waals surface area contributed by atoms with Gasteiger partial charge in [-0.15, -0.1) is 0 Å². The molecule has 0 saturated carbocycles. The first-order chi connectivity index (χ1) is 7.60. The van der Waals surface area contributed by atoms with Crippen LogP contribution in [0, 0.1) is 5.82 Å². The minimum absolute atomic E-state index is 0.243. The third-order valence-corrected chi connectivity index (χ3v) is 2.82. The van der Waals surface area contributed by atoms with E-state index in [1.54, 1.807) is 12.1 Å². The second-order valence-electron chi connectivity index (χ2n) is 4.08. The van der Waals surface area contributed by atoms with E-state index in [-0.39, 0.29) is 5.82 Å². The Bertz CT molecular complexity index is 460. The molecule has 0 aliphatic rings. The van der Waals surface area contributed by atoms with Crippen LogP contribution in [-0.4, -0.2) is 0 Å². The highest BCUT2D eigenvalue weighted by Gasteiger charge is 2.22. The summed E-state index contributed by atoms with van der Waals surface area (Å²) in [4.78, 5) is 0. The van der Waals surface area contributed by atoms with E-state index in [1.165, 1.54) is 12.1 Å². The second kappa shape index (κ2) is 4.06. The zero-order chi connectivity index (χ0) is 11.6. The summed E-state index contributed by atoms with van der Waals surface area (Å²) in [7, 11) is 0. The average Bonchev–Trinajstić information content (AvgIpc) is 2.31. The molecular formula is C14H14FN. The van der Waals surface area contributed by atoms with Gasteiger partial charge in [-0.3, -0.25) is 0 Å². The van der Waals surface area contributed by atoms with Crippen molar-refractivity contribution in [3.63, 3.8) is 0 Å². The number of hydrogen-bond acceptors (Lipinski definition) is 1. The van der Waals surface area contributed by atoms with Crippen LogP contribution in [0.3, 0.4) is 0 Å². The number of hydrogen-bond donors (Lipinski definition) is 1. The molecule has 1 atom stereocenters. The van der Waals surface area contributed by atoms with Crippen LogP contribution in [0.4, 0.5) is 4.39 Å². The topological polar surface area (TPSA) is 26.0 Å². The lowest BCUT2D eigenvalue weighted by atomic mass is 9.86. The fourth-order valence-electron chi connectivity index (χ4n) is 1.75. The number of nitrogens with two attached hydrogens (primary N) is 1. The van der Waals surface area contributed by atoms with Gasteiger partial charge in [0.15, 0.2) is 0 Å². The molecule has 2 heteroatoms. The SMILES string of the molecule is CC(N)(c1ccccc1)c1ccc(F)cc1. The van der Waals surface area contributed by atoms with Crippen molar-refractivity contribution in [2.24, 2.45) is 5.73 Å². The molecule has 0 bridgehead atoms. The lowest BCUT2D eigenvalue weighted by molar-refractivity contribution is 0.593. The minimum Gasteiger partial charge on any atom is -0.318 e. The standard InChI is InChI=1S/C14H14FN/c1-14(16,11-5-3-2-4-6-11)12-7-9-13(15)10-8-12/h2-10H,16H2,1H3. The Morgan fingerprint density at radius 1 is 0.875 bits per heavy atom. The third-order valence-electron chi connectivity index (χ3n) is 2.82. The van der Waals surface area contributed by atoms with E-state index in [0.717, 1.165) is 11.1 Å². The van der Waals surface area contributed by atoms with Gasteiger partial charge in [-0.25, -0.2) is 4.39 Å². The summed E-state index contributed by atoms with van der Waals surface area (Å²) in [5, 5.41) is 0. The molecule has 0 spiro atoms. The molecule has 1 unspecified atom stereocenters. The molecule has 2 aromatic carbocycles. The predicted octanol–water partition coefficient (Wildman–Crippen LogP) is 3.05. The van der Waals surface area contributed by atoms with Gasteiger partial charge in [0, 0.05) is 0 Å². The Balaban J connectivity index is 2.43. The first-order valence-corrected chi connectivity index (χ1v) is 5.21. The molecule has 82 valence electrons. The zero-order valence-electron chi connectivity index (χ0n) is 9.15. The second-order valence-corrected chi connectivity index (χ2v) is 4.08. The van der Waals surface area contributed by atoms with Crippen LogP contribution in [0.25, 0.3) is 0 Å². The first-order valence-electron chi connectivity index (χ1n) is 5.21. The van der Waals surface area contributed by atoms with Gasteiger partial charge in [-0.1, -0.05) is 42.5 Å². The van der Waals surface area contributed by atoms with Crippen LogP contribution in [0.2, 0.25) is 0 Å². The Hall–Kier alpha value is -1.67. The molecule has 0 radical (unpaired) electrons. The van der Waals surface area contributed by atoms with Crippen LogP contribution in [0.5, 0.6) is 0 Å². The quantitative estimate of drug-likeness (QED) is 0.818. The first kappa shape index (κ1) is 10.8. The Labute approximate surface area is 94.7 Å². The van der Waals surface area contributed by atoms with E-state index in [2.05, 4.69) is 0 Å². The molecule has 0 saturated heterocycles. The molecular weight excluding hydrogens is 201 g/mol. The van der Waals surface area contributed by atoms with E-state index < -0.39 is 5.54 Å². The summed E-state index contributed by atoms with van der Waals surface area (Å²) in [5.41, 5.74) is 7.62. The van der Waals surface area contributed by atoms with Crippen LogP contribution < -0.4 is 5.73 Å². The fraction of sp³-hybridized carbons (Fsp3) is 0.143. The molecule has 1 nitrogen and oxygen atoms in total. The molecule has 0 aromatic heterocycles. The molecule has 2 aromatic rings. The molecule has 0 amide bonds.